The molecule has 0 saturated heterocycles. The highest BCUT2D eigenvalue weighted by Gasteiger charge is 1.89. The highest BCUT2D eigenvalue weighted by molar-refractivity contribution is 9.09. The summed E-state index contributed by atoms with van der Waals surface area (Å²) in [6.07, 6.45) is 1.18. The standard InChI is InChI=1S/C7H13Br/c1-4-6(2)7(3)5-8/h4-5H2,1-3H3. The van der Waals surface area contributed by atoms with Gasteiger partial charge >= 0.3 is 0 Å². The van der Waals surface area contributed by atoms with Gasteiger partial charge < -0.3 is 0 Å². The second-order valence-electron chi connectivity index (χ2n) is 2.05. The highest BCUT2D eigenvalue weighted by atomic mass is 79.9. The fraction of sp³-hybridized carbons (Fsp3) is 0.714. The fourth-order valence-electron chi connectivity index (χ4n) is 0.416. The Kier molecular flexibility index (Phi) is 4.25. The summed E-state index contributed by atoms with van der Waals surface area (Å²) in [6, 6.07) is 0. The Morgan fingerprint density at radius 1 is 1.25 bits per heavy atom. The van der Waals surface area contributed by atoms with Crippen LogP contribution in [0.5, 0.6) is 0 Å². The zero-order valence-corrected chi connectivity index (χ0v) is 7.38. The molecular weight excluding hydrogens is 164 g/mol. The Balaban J connectivity index is 3.83. The van der Waals surface area contributed by atoms with Gasteiger partial charge in [0.05, 0.1) is 0 Å². The molecule has 0 radical (unpaired) electrons. The number of rotatable bonds is 2. The molecule has 0 aromatic carbocycles. The molecule has 0 N–H and O–H groups in total. The molecule has 0 saturated carbocycles. The summed E-state index contributed by atoms with van der Waals surface area (Å²) in [6.45, 7) is 6.52. The van der Waals surface area contributed by atoms with Crippen LogP contribution >= 0.6 is 15.9 Å². The van der Waals surface area contributed by atoms with Gasteiger partial charge in [0, 0.05) is 5.33 Å². The minimum Gasteiger partial charge on any atom is -0.0880 e. The molecule has 0 aromatic rings. The number of alkyl halides is 1. The molecule has 0 aliphatic heterocycles. The molecule has 0 amide bonds. The van der Waals surface area contributed by atoms with Crippen LogP contribution in [0.4, 0.5) is 0 Å². The fourth-order valence-corrected chi connectivity index (χ4v) is 0.894. The quantitative estimate of drug-likeness (QED) is 0.449. The van der Waals surface area contributed by atoms with Crippen LogP contribution in [0.3, 0.4) is 0 Å². The summed E-state index contributed by atoms with van der Waals surface area (Å²) in [5, 5.41) is 1.02. The second-order valence-corrected chi connectivity index (χ2v) is 2.61. The molecule has 0 rings (SSSR count). The Morgan fingerprint density at radius 3 is 1.88 bits per heavy atom. The predicted molar refractivity (Wildman–Crippen MR) is 42.5 cm³/mol. The monoisotopic (exact) mass is 176 g/mol. The van der Waals surface area contributed by atoms with Crippen molar-refractivity contribution in [2.45, 2.75) is 27.2 Å². The van der Waals surface area contributed by atoms with Crippen molar-refractivity contribution in [3.63, 3.8) is 0 Å². The lowest BCUT2D eigenvalue weighted by Gasteiger charge is -1.98. The Morgan fingerprint density at radius 2 is 1.75 bits per heavy atom. The van der Waals surface area contributed by atoms with Crippen LogP contribution in [-0.4, -0.2) is 5.33 Å². The van der Waals surface area contributed by atoms with E-state index in [4.69, 9.17) is 0 Å². The largest absolute Gasteiger partial charge is 0.0880 e. The maximum Gasteiger partial charge on any atom is 0.0241 e. The van der Waals surface area contributed by atoms with Crippen LogP contribution in [0.15, 0.2) is 11.1 Å². The molecule has 0 unspecified atom stereocenters. The minimum atomic E-state index is 1.02. The normalized spacial score (nSPS) is 13.5. The van der Waals surface area contributed by atoms with E-state index in [1.54, 1.807) is 0 Å². The lowest BCUT2D eigenvalue weighted by atomic mass is 10.1. The number of hydrogen-bond donors (Lipinski definition) is 0. The van der Waals surface area contributed by atoms with Crippen LogP contribution in [0.1, 0.15) is 27.2 Å². The first-order valence-corrected chi connectivity index (χ1v) is 4.05. The van der Waals surface area contributed by atoms with Gasteiger partial charge in [0.1, 0.15) is 0 Å². The van der Waals surface area contributed by atoms with Crippen LogP contribution in [-0.2, 0) is 0 Å². The topological polar surface area (TPSA) is 0 Å². The number of hydrogen-bond acceptors (Lipinski definition) is 0. The molecule has 0 aromatic heterocycles. The molecule has 1 heteroatoms. The Labute approximate surface area is 60.1 Å². The van der Waals surface area contributed by atoms with Crippen molar-refractivity contribution in [2.75, 3.05) is 5.33 Å². The van der Waals surface area contributed by atoms with Gasteiger partial charge in [0.15, 0.2) is 0 Å². The van der Waals surface area contributed by atoms with Crippen LogP contribution in [0.25, 0.3) is 0 Å². The van der Waals surface area contributed by atoms with Crippen molar-refractivity contribution >= 4 is 15.9 Å². The van der Waals surface area contributed by atoms with Gasteiger partial charge in [-0.3, -0.25) is 0 Å². The summed E-state index contributed by atoms with van der Waals surface area (Å²) in [5.41, 5.74) is 2.97. The number of allylic oxidation sites excluding steroid dienone is 2. The van der Waals surface area contributed by atoms with Gasteiger partial charge in [0.25, 0.3) is 0 Å². The molecule has 8 heavy (non-hydrogen) atoms. The van der Waals surface area contributed by atoms with Crippen molar-refractivity contribution in [2.24, 2.45) is 0 Å². The molecule has 0 aliphatic rings. The lowest BCUT2D eigenvalue weighted by Crippen LogP contribution is -1.81. The van der Waals surface area contributed by atoms with Gasteiger partial charge in [0.2, 0.25) is 0 Å². The summed E-state index contributed by atoms with van der Waals surface area (Å²) in [7, 11) is 0. The minimum absolute atomic E-state index is 1.02. The van der Waals surface area contributed by atoms with Gasteiger partial charge in [-0.1, -0.05) is 34.0 Å². The van der Waals surface area contributed by atoms with E-state index in [1.807, 2.05) is 0 Å². The van der Waals surface area contributed by atoms with Gasteiger partial charge in [-0.25, -0.2) is 0 Å². The van der Waals surface area contributed by atoms with E-state index in [0.29, 0.717) is 0 Å². The molecule has 0 nitrogen and oxygen atoms in total. The van der Waals surface area contributed by atoms with Gasteiger partial charge in [-0.15, -0.1) is 0 Å². The third-order valence-electron chi connectivity index (χ3n) is 1.46. The molecule has 0 heterocycles. The van der Waals surface area contributed by atoms with Crippen LogP contribution in [0.2, 0.25) is 0 Å². The molecule has 0 fully saturated rings. The summed E-state index contributed by atoms with van der Waals surface area (Å²) >= 11 is 3.40. The molecule has 0 aliphatic carbocycles. The van der Waals surface area contributed by atoms with Crippen molar-refractivity contribution in [3.8, 4) is 0 Å². The SMILES string of the molecule is CCC(C)=C(C)CBr. The van der Waals surface area contributed by atoms with Gasteiger partial charge in [-0.05, 0) is 20.3 Å². The first-order valence-electron chi connectivity index (χ1n) is 2.93. The second kappa shape index (κ2) is 4.13. The first-order chi connectivity index (χ1) is 3.72. The van der Waals surface area contributed by atoms with E-state index in [0.717, 1.165) is 5.33 Å². The van der Waals surface area contributed by atoms with E-state index in [2.05, 4.69) is 36.7 Å². The third-order valence-corrected chi connectivity index (χ3v) is 2.30. The summed E-state index contributed by atoms with van der Waals surface area (Å²) < 4.78 is 0. The summed E-state index contributed by atoms with van der Waals surface area (Å²) in [5.74, 6) is 0. The van der Waals surface area contributed by atoms with E-state index >= 15 is 0 Å². The Hall–Kier alpha value is 0.220. The summed E-state index contributed by atoms with van der Waals surface area (Å²) in [4.78, 5) is 0. The van der Waals surface area contributed by atoms with Gasteiger partial charge in [-0.2, -0.15) is 0 Å². The first kappa shape index (κ1) is 8.22. The van der Waals surface area contributed by atoms with E-state index in [9.17, 15) is 0 Å². The average molecular weight is 177 g/mol. The van der Waals surface area contributed by atoms with Crippen molar-refractivity contribution < 1.29 is 0 Å². The van der Waals surface area contributed by atoms with E-state index in [-0.39, 0.29) is 0 Å². The van der Waals surface area contributed by atoms with E-state index in [1.165, 1.54) is 17.6 Å². The smallest absolute Gasteiger partial charge is 0.0241 e. The van der Waals surface area contributed by atoms with E-state index < -0.39 is 0 Å². The molecule has 48 valence electrons. The highest BCUT2D eigenvalue weighted by Crippen LogP contribution is 2.08. The number of halogens is 1. The zero-order chi connectivity index (χ0) is 6.57. The Bertz CT molecular complexity index is 80.6. The molecular formula is C7H13Br. The average Bonchev–Trinajstić information content (AvgIpc) is 1.84. The molecule has 0 bridgehead atoms. The third kappa shape index (κ3) is 2.51. The lowest BCUT2D eigenvalue weighted by molar-refractivity contribution is 1.06. The maximum atomic E-state index is 3.40. The van der Waals surface area contributed by atoms with Crippen LogP contribution < -0.4 is 0 Å². The van der Waals surface area contributed by atoms with Crippen molar-refractivity contribution in [1.29, 1.82) is 0 Å². The molecule has 0 spiro atoms. The van der Waals surface area contributed by atoms with Crippen molar-refractivity contribution in [1.82, 2.24) is 0 Å². The van der Waals surface area contributed by atoms with Crippen molar-refractivity contribution in [3.05, 3.63) is 11.1 Å². The predicted octanol–water partition coefficient (Wildman–Crippen LogP) is 3.13. The molecule has 0 atom stereocenters. The van der Waals surface area contributed by atoms with Crippen LogP contribution in [0, 0.1) is 0 Å². The maximum absolute atomic E-state index is 3.40. The zero-order valence-electron chi connectivity index (χ0n) is 5.79.